The smallest absolute Gasteiger partial charge is 0.165 e. The van der Waals surface area contributed by atoms with E-state index in [-0.39, 0.29) is 5.75 Å². The summed E-state index contributed by atoms with van der Waals surface area (Å²) in [6.45, 7) is 0.819. The Morgan fingerprint density at radius 1 is 1.05 bits per heavy atom. The monoisotopic (exact) mass is 275 g/mol. The van der Waals surface area contributed by atoms with Crippen molar-refractivity contribution in [3.05, 3.63) is 59.7 Å². The number of nitrogens with one attached hydrogen (secondary N) is 1. The van der Waals surface area contributed by atoms with E-state index in [0.717, 1.165) is 30.3 Å². The van der Waals surface area contributed by atoms with Gasteiger partial charge in [0, 0.05) is 18.7 Å². The van der Waals surface area contributed by atoms with Crippen molar-refractivity contribution >= 4 is 0 Å². The van der Waals surface area contributed by atoms with Gasteiger partial charge in [-0.15, -0.1) is 0 Å². The van der Waals surface area contributed by atoms with Crippen LogP contribution in [0.2, 0.25) is 0 Å². The molecule has 0 saturated heterocycles. The number of rotatable bonds is 5. The standard InChI is InChI=1S/C16H15F2NO/c17-12-3-8-15(18)16(9-12)20-14-6-1-11(2-7-14)10-19-13-4-5-13/h1-3,6-9,13,19H,4-5,10H2. The molecule has 1 aliphatic rings. The lowest BCUT2D eigenvalue weighted by Crippen LogP contribution is -2.14. The van der Waals surface area contributed by atoms with Crippen molar-refractivity contribution < 1.29 is 13.5 Å². The second-order valence-corrected chi connectivity index (χ2v) is 4.98. The Morgan fingerprint density at radius 2 is 1.80 bits per heavy atom. The van der Waals surface area contributed by atoms with Crippen LogP contribution < -0.4 is 10.1 Å². The summed E-state index contributed by atoms with van der Waals surface area (Å²) in [5, 5.41) is 3.41. The molecule has 2 nitrogen and oxygen atoms in total. The summed E-state index contributed by atoms with van der Waals surface area (Å²) in [6.07, 6.45) is 2.50. The van der Waals surface area contributed by atoms with Crippen LogP contribution in [-0.2, 0) is 6.54 Å². The summed E-state index contributed by atoms with van der Waals surface area (Å²) in [5.74, 6) is -0.712. The van der Waals surface area contributed by atoms with Gasteiger partial charge in [0.1, 0.15) is 11.6 Å². The lowest BCUT2D eigenvalue weighted by atomic mass is 10.2. The zero-order valence-electron chi connectivity index (χ0n) is 10.9. The SMILES string of the molecule is Fc1ccc(F)c(Oc2ccc(CNC3CC3)cc2)c1. The predicted octanol–water partition coefficient (Wildman–Crippen LogP) is 4.01. The summed E-state index contributed by atoms with van der Waals surface area (Å²) in [5.41, 5.74) is 1.14. The molecule has 1 aliphatic carbocycles. The molecule has 1 N–H and O–H groups in total. The molecule has 0 unspecified atom stereocenters. The van der Waals surface area contributed by atoms with E-state index in [4.69, 9.17) is 4.74 Å². The highest BCUT2D eigenvalue weighted by Crippen LogP contribution is 2.25. The summed E-state index contributed by atoms with van der Waals surface area (Å²) in [7, 11) is 0. The first-order valence-electron chi connectivity index (χ1n) is 6.66. The van der Waals surface area contributed by atoms with Crippen LogP contribution in [0.3, 0.4) is 0 Å². The van der Waals surface area contributed by atoms with E-state index in [1.54, 1.807) is 12.1 Å². The summed E-state index contributed by atoms with van der Waals surface area (Å²) in [6, 6.07) is 11.2. The third-order valence-corrected chi connectivity index (χ3v) is 3.22. The largest absolute Gasteiger partial charge is 0.454 e. The van der Waals surface area contributed by atoms with E-state index in [9.17, 15) is 8.78 Å². The maximum atomic E-state index is 13.4. The third-order valence-electron chi connectivity index (χ3n) is 3.22. The number of hydrogen-bond acceptors (Lipinski definition) is 2. The van der Waals surface area contributed by atoms with Crippen molar-refractivity contribution in [3.8, 4) is 11.5 Å². The molecule has 2 aromatic rings. The highest BCUT2D eigenvalue weighted by Gasteiger charge is 2.19. The Hall–Kier alpha value is -1.94. The van der Waals surface area contributed by atoms with E-state index < -0.39 is 11.6 Å². The zero-order chi connectivity index (χ0) is 13.9. The number of benzene rings is 2. The van der Waals surface area contributed by atoms with E-state index >= 15 is 0 Å². The van der Waals surface area contributed by atoms with Crippen molar-refractivity contribution in [1.82, 2.24) is 5.32 Å². The van der Waals surface area contributed by atoms with Gasteiger partial charge in [0.15, 0.2) is 11.6 Å². The van der Waals surface area contributed by atoms with Gasteiger partial charge in [0.25, 0.3) is 0 Å². The molecule has 0 amide bonds. The van der Waals surface area contributed by atoms with Crippen molar-refractivity contribution in [2.75, 3.05) is 0 Å². The van der Waals surface area contributed by atoms with E-state index in [0.29, 0.717) is 11.8 Å². The highest BCUT2D eigenvalue weighted by molar-refractivity contribution is 5.34. The second kappa shape index (κ2) is 5.59. The average Bonchev–Trinajstić information content (AvgIpc) is 3.26. The summed E-state index contributed by atoms with van der Waals surface area (Å²) < 4.78 is 31.8. The van der Waals surface area contributed by atoms with Gasteiger partial charge in [0.2, 0.25) is 0 Å². The molecule has 0 bridgehead atoms. The van der Waals surface area contributed by atoms with Crippen LogP contribution in [-0.4, -0.2) is 6.04 Å². The van der Waals surface area contributed by atoms with Gasteiger partial charge in [-0.05, 0) is 42.7 Å². The van der Waals surface area contributed by atoms with Gasteiger partial charge in [-0.1, -0.05) is 12.1 Å². The molecule has 3 rings (SSSR count). The highest BCUT2D eigenvalue weighted by atomic mass is 19.1. The number of ether oxygens (including phenoxy) is 1. The Bertz CT molecular complexity index is 594. The zero-order valence-corrected chi connectivity index (χ0v) is 10.9. The second-order valence-electron chi connectivity index (χ2n) is 4.98. The van der Waals surface area contributed by atoms with Crippen LogP contribution >= 0.6 is 0 Å². The first-order chi connectivity index (χ1) is 9.70. The predicted molar refractivity (Wildman–Crippen MR) is 72.7 cm³/mol. The molecule has 0 heterocycles. The fraction of sp³-hybridized carbons (Fsp3) is 0.250. The van der Waals surface area contributed by atoms with Gasteiger partial charge >= 0.3 is 0 Å². The Morgan fingerprint density at radius 3 is 2.50 bits per heavy atom. The molecule has 1 fully saturated rings. The molecule has 20 heavy (non-hydrogen) atoms. The van der Waals surface area contributed by atoms with E-state index in [1.807, 2.05) is 12.1 Å². The van der Waals surface area contributed by atoms with Crippen molar-refractivity contribution in [2.45, 2.75) is 25.4 Å². The van der Waals surface area contributed by atoms with Gasteiger partial charge in [-0.3, -0.25) is 0 Å². The fourth-order valence-electron chi connectivity index (χ4n) is 1.91. The molecule has 0 atom stereocenters. The molecule has 1 saturated carbocycles. The first-order valence-corrected chi connectivity index (χ1v) is 6.66. The Balaban J connectivity index is 1.66. The molecule has 0 aromatic heterocycles. The number of halogens is 2. The summed E-state index contributed by atoms with van der Waals surface area (Å²) >= 11 is 0. The minimum Gasteiger partial charge on any atom is -0.454 e. The lowest BCUT2D eigenvalue weighted by Gasteiger charge is -2.08. The van der Waals surface area contributed by atoms with Crippen molar-refractivity contribution in [1.29, 1.82) is 0 Å². The summed E-state index contributed by atoms with van der Waals surface area (Å²) in [4.78, 5) is 0. The van der Waals surface area contributed by atoms with Crippen LogP contribution in [0.4, 0.5) is 8.78 Å². The molecule has 104 valence electrons. The van der Waals surface area contributed by atoms with E-state index in [2.05, 4.69) is 5.32 Å². The van der Waals surface area contributed by atoms with Crippen LogP contribution in [0.5, 0.6) is 11.5 Å². The first kappa shape index (κ1) is 13.1. The topological polar surface area (TPSA) is 21.3 Å². The Kier molecular flexibility index (Phi) is 3.65. The molecule has 2 aromatic carbocycles. The van der Waals surface area contributed by atoms with E-state index in [1.165, 1.54) is 12.8 Å². The lowest BCUT2D eigenvalue weighted by molar-refractivity contribution is 0.436. The molecule has 4 heteroatoms. The Labute approximate surface area is 116 Å². The van der Waals surface area contributed by atoms with Crippen LogP contribution in [0, 0.1) is 11.6 Å². The molecular weight excluding hydrogens is 260 g/mol. The normalized spacial score (nSPS) is 14.3. The fourth-order valence-corrected chi connectivity index (χ4v) is 1.91. The molecule has 0 aliphatic heterocycles. The maximum absolute atomic E-state index is 13.4. The van der Waals surface area contributed by atoms with Gasteiger partial charge in [-0.2, -0.15) is 0 Å². The number of hydrogen-bond donors (Lipinski definition) is 1. The minimum atomic E-state index is -0.578. The molecule has 0 spiro atoms. The van der Waals surface area contributed by atoms with Gasteiger partial charge in [0.05, 0.1) is 0 Å². The van der Waals surface area contributed by atoms with Gasteiger partial charge < -0.3 is 10.1 Å². The molecular formula is C16H15F2NO. The average molecular weight is 275 g/mol. The molecule has 0 radical (unpaired) electrons. The quantitative estimate of drug-likeness (QED) is 0.890. The third kappa shape index (κ3) is 3.33. The minimum absolute atomic E-state index is 0.103. The van der Waals surface area contributed by atoms with Gasteiger partial charge in [-0.25, -0.2) is 8.78 Å². The van der Waals surface area contributed by atoms with Crippen LogP contribution in [0.1, 0.15) is 18.4 Å². The van der Waals surface area contributed by atoms with Crippen molar-refractivity contribution in [3.63, 3.8) is 0 Å². The maximum Gasteiger partial charge on any atom is 0.165 e. The van der Waals surface area contributed by atoms with Crippen molar-refractivity contribution in [2.24, 2.45) is 0 Å². The van der Waals surface area contributed by atoms with Crippen LogP contribution in [0.25, 0.3) is 0 Å². The van der Waals surface area contributed by atoms with Crippen LogP contribution in [0.15, 0.2) is 42.5 Å².